The largest absolute Gasteiger partial charge is 0.296 e. The topological polar surface area (TPSA) is 34.9 Å². The molecule has 0 amide bonds. The standard InChI is InChI=1S/C5H5FN2O/c1-8-2-4(6)5(3-9)7-8/h2-3H,1H3. The summed E-state index contributed by atoms with van der Waals surface area (Å²) >= 11 is 0. The van der Waals surface area contributed by atoms with Crippen molar-refractivity contribution in [3.05, 3.63) is 17.7 Å². The molecule has 48 valence electrons. The first-order valence-corrected chi connectivity index (χ1v) is 2.38. The second-order valence-electron chi connectivity index (χ2n) is 1.65. The minimum absolute atomic E-state index is 0.141. The highest BCUT2D eigenvalue weighted by Gasteiger charge is 2.02. The second-order valence-corrected chi connectivity index (χ2v) is 1.65. The van der Waals surface area contributed by atoms with Crippen molar-refractivity contribution in [2.24, 2.45) is 7.05 Å². The van der Waals surface area contributed by atoms with Crippen LogP contribution < -0.4 is 0 Å². The van der Waals surface area contributed by atoms with Gasteiger partial charge in [-0.15, -0.1) is 0 Å². The number of nitrogens with zero attached hydrogens (tertiary/aromatic N) is 2. The molecule has 0 atom stereocenters. The summed E-state index contributed by atoms with van der Waals surface area (Å²) in [5.41, 5.74) is -0.141. The number of hydrogen-bond acceptors (Lipinski definition) is 2. The Kier molecular flexibility index (Phi) is 1.30. The Hall–Kier alpha value is -1.19. The van der Waals surface area contributed by atoms with Crippen LogP contribution in [0.5, 0.6) is 0 Å². The Labute approximate surface area is 51.1 Å². The van der Waals surface area contributed by atoms with Gasteiger partial charge in [0.25, 0.3) is 0 Å². The third kappa shape index (κ3) is 0.960. The number of rotatable bonds is 1. The van der Waals surface area contributed by atoms with Gasteiger partial charge in [-0.05, 0) is 0 Å². The van der Waals surface area contributed by atoms with Crippen LogP contribution in [-0.2, 0) is 7.05 Å². The summed E-state index contributed by atoms with van der Waals surface area (Å²) in [6, 6.07) is 0. The van der Waals surface area contributed by atoms with Crippen LogP contribution in [0.25, 0.3) is 0 Å². The lowest BCUT2D eigenvalue weighted by atomic mass is 10.5. The van der Waals surface area contributed by atoms with E-state index in [0.29, 0.717) is 6.29 Å². The first kappa shape index (κ1) is 5.94. The zero-order chi connectivity index (χ0) is 6.85. The first-order chi connectivity index (χ1) is 4.24. The number of halogens is 1. The van der Waals surface area contributed by atoms with Crippen molar-refractivity contribution in [3.8, 4) is 0 Å². The third-order valence-corrected chi connectivity index (χ3v) is 0.922. The van der Waals surface area contributed by atoms with Gasteiger partial charge in [0.05, 0.1) is 6.20 Å². The Bertz CT molecular complexity index is 231. The molecule has 4 heteroatoms. The molecular formula is C5H5FN2O. The van der Waals surface area contributed by atoms with Crippen molar-refractivity contribution >= 4 is 6.29 Å². The normalized spacial score (nSPS) is 9.56. The van der Waals surface area contributed by atoms with Gasteiger partial charge in [0.15, 0.2) is 17.8 Å². The van der Waals surface area contributed by atoms with Crippen LogP contribution >= 0.6 is 0 Å². The van der Waals surface area contributed by atoms with Crippen LogP contribution in [0.4, 0.5) is 4.39 Å². The maximum absolute atomic E-state index is 12.3. The molecule has 0 fully saturated rings. The third-order valence-electron chi connectivity index (χ3n) is 0.922. The number of aryl methyl sites for hydroxylation is 1. The fourth-order valence-electron chi connectivity index (χ4n) is 0.557. The lowest BCUT2D eigenvalue weighted by molar-refractivity contribution is 0.111. The van der Waals surface area contributed by atoms with E-state index in [1.54, 1.807) is 7.05 Å². The van der Waals surface area contributed by atoms with Crippen molar-refractivity contribution in [1.82, 2.24) is 9.78 Å². The molecule has 3 nitrogen and oxygen atoms in total. The van der Waals surface area contributed by atoms with Gasteiger partial charge in [0.2, 0.25) is 0 Å². The average molecular weight is 128 g/mol. The highest BCUT2D eigenvalue weighted by molar-refractivity contribution is 5.71. The van der Waals surface area contributed by atoms with E-state index in [9.17, 15) is 9.18 Å². The van der Waals surface area contributed by atoms with E-state index in [1.165, 1.54) is 4.68 Å². The Balaban J connectivity index is 3.15. The molecule has 1 aromatic rings. The van der Waals surface area contributed by atoms with Crippen LogP contribution in [-0.4, -0.2) is 16.1 Å². The van der Waals surface area contributed by atoms with Gasteiger partial charge in [-0.3, -0.25) is 9.48 Å². The molecule has 0 aromatic carbocycles. The molecule has 9 heavy (non-hydrogen) atoms. The van der Waals surface area contributed by atoms with Gasteiger partial charge >= 0.3 is 0 Å². The van der Waals surface area contributed by atoms with E-state index in [0.717, 1.165) is 6.20 Å². The lowest BCUT2D eigenvalue weighted by Crippen LogP contribution is -1.88. The maximum Gasteiger partial charge on any atom is 0.173 e. The number of carbonyl (C=O) groups is 1. The molecule has 0 aliphatic rings. The van der Waals surface area contributed by atoms with Gasteiger partial charge in [0.1, 0.15) is 0 Å². The molecule has 0 N–H and O–H groups in total. The van der Waals surface area contributed by atoms with E-state index in [-0.39, 0.29) is 5.69 Å². The molecule has 1 heterocycles. The first-order valence-electron chi connectivity index (χ1n) is 2.38. The predicted octanol–water partition coefficient (Wildman–Crippen LogP) is 0.372. The van der Waals surface area contributed by atoms with Crippen molar-refractivity contribution in [1.29, 1.82) is 0 Å². The zero-order valence-electron chi connectivity index (χ0n) is 4.84. The van der Waals surface area contributed by atoms with E-state index >= 15 is 0 Å². The molecular weight excluding hydrogens is 123 g/mol. The van der Waals surface area contributed by atoms with E-state index in [2.05, 4.69) is 5.10 Å². The van der Waals surface area contributed by atoms with Crippen LogP contribution in [0.2, 0.25) is 0 Å². The number of aldehydes is 1. The molecule has 1 rings (SSSR count). The van der Waals surface area contributed by atoms with Crippen molar-refractivity contribution < 1.29 is 9.18 Å². The van der Waals surface area contributed by atoms with Crippen LogP contribution in [0.3, 0.4) is 0 Å². The molecule has 0 unspecified atom stereocenters. The average Bonchev–Trinajstić information content (AvgIpc) is 2.10. The summed E-state index contributed by atoms with van der Waals surface area (Å²) in [5, 5.41) is 3.50. The monoisotopic (exact) mass is 128 g/mol. The molecule has 0 saturated carbocycles. The van der Waals surface area contributed by atoms with Crippen LogP contribution in [0.15, 0.2) is 6.20 Å². The van der Waals surface area contributed by atoms with Gasteiger partial charge in [-0.2, -0.15) is 5.10 Å². The summed E-state index contributed by atoms with van der Waals surface area (Å²) in [5.74, 6) is -0.576. The summed E-state index contributed by atoms with van der Waals surface area (Å²) < 4.78 is 13.5. The summed E-state index contributed by atoms with van der Waals surface area (Å²) in [6.45, 7) is 0. The summed E-state index contributed by atoms with van der Waals surface area (Å²) in [4.78, 5) is 9.92. The molecule has 0 spiro atoms. The number of carbonyl (C=O) groups excluding carboxylic acids is 1. The zero-order valence-corrected chi connectivity index (χ0v) is 4.84. The smallest absolute Gasteiger partial charge is 0.173 e. The number of hydrogen-bond donors (Lipinski definition) is 0. The summed E-state index contributed by atoms with van der Waals surface area (Å²) in [7, 11) is 1.55. The maximum atomic E-state index is 12.3. The highest BCUT2D eigenvalue weighted by atomic mass is 19.1. The van der Waals surface area contributed by atoms with Crippen LogP contribution in [0, 0.1) is 5.82 Å². The van der Waals surface area contributed by atoms with Crippen molar-refractivity contribution in [2.75, 3.05) is 0 Å². The van der Waals surface area contributed by atoms with Gasteiger partial charge < -0.3 is 0 Å². The van der Waals surface area contributed by atoms with Gasteiger partial charge in [-0.25, -0.2) is 4.39 Å². The lowest BCUT2D eigenvalue weighted by Gasteiger charge is -1.78. The minimum atomic E-state index is -0.576. The summed E-state index contributed by atoms with van der Waals surface area (Å²) in [6.07, 6.45) is 1.53. The Morgan fingerprint density at radius 2 is 2.56 bits per heavy atom. The molecule has 0 aliphatic heterocycles. The van der Waals surface area contributed by atoms with E-state index < -0.39 is 5.82 Å². The Morgan fingerprint density at radius 3 is 2.78 bits per heavy atom. The Morgan fingerprint density at radius 1 is 1.89 bits per heavy atom. The fourth-order valence-corrected chi connectivity index (χ4v) is 0.557. The molecule has 0 aliphatic carbocycles. The van der Waals surface area contributed by atoms with Crippen molar-refractivity contribution in [3.63, 3.8) is 0 Å². The van der Waals surface area contributed by atoms with E-state index in [1.807, 2.05) is 0 Å². The molecule has 0 radical (unpaired) electrons. The molecule has 1 aromatic heterocycles. The highest BCUT2D eigenvalue weighted by Crippen LogP contribution is 1.98. The van der Waals surface area contributed by atoms with Crippen LogP contribution in [0.1, 0.15) is 10.5 Å². The molecule has 0 bridgehead atoms. The second kappa shape index (κ2) is 1.97. The predicted molar refractivity (Wildman–Crippen MR) is 28.6 cm³/mol. The quantitative estimate of drug-likeness (QED) is 0.512. The molecule has 0 saturated heterocycles. The van der Waals surface area contributed by atoms with E-state index in [4.69, 9.17) is 0 Å². The SMILES string of the molecule is Cn1cc(F)c(C=O)n1. The fraction of sp³-hybridized carbons (Fsp3) is 0.200. The van der Waals surface area contributed by atoms with Gasteiger partial charge in [0, 0.05) is 7.05 Å². The minimum Gasteiger partial charge on any atom is -0.296 e. The van der Waals surface area contributed by atoms with Crippen molar-refractivity contribution in [2.45, 2.75) is 0 Å². The number of aromatic nitrogens is 2. The van der Waals surface area contributed by atoms with Gasteiger partial charge in [-0.1, -0.05) is 0 Å².